The van der Waals surface area contributed by atoms with E-state index in [9.17, 15) is 4.79 Å². The lowest BCUT2D eigenvalue weighted by Gasteiger charge is -2.17. The Morgan fingerprint density at radius 1 is 0.741 bits per heavy atom. The minimum atomic E-state index is -0.00930. The van der Waals surface area contributed by atoms with Gasteiger partial charge in [0.05, 0.1) is 21.3 Å². The molecule has 0 unspecified atom stereocenters. The zero-order valence-corrected chi connectivity index (χ0v) is 17.4. The van der Waals surface area contributed by atoms with Gasteiger partial charge in [-0.3, -0.25) is 4.79 Å². The van der Waals surface area contributed by atoms with Gasteiger partial charge in [-0.05, 0) is 86.2 Å². The summed E-state index contributed by atoms with van der Waals surface area (Å²) in [6, 6.07) is 3.63. The van der Waals surface area contributed by atoms with Crippen molar-refractivity contribution < 1.29 is 19.0 Å². The van der Waals surface area contributed by atoms with Gasteiger partial charge in [0, 0.05) is 5.56 Å². The lowest BCUT2D eigenvalue weighted by Crippen LogP contribution is -2.07. The van der Waals surface area contributed by atoms with Crippen molar-refractivity contribution in [3.63, 3.8) is 0 Å². The normalized spacial score (nSPS) is 11.0. The fourth-order valence-electron chi connectivity index (χ4n) is 3.32. The van der Waals surface area contributed by atoms with Crippen molar-refractivity contribution in [3.8, 4) is 17.2 Å². The monoisotopic (exact) mass is 368 g/mol. The van der Waals surface area contributed by atoms with Crippen molar-refractivity contribution in [3.05, 3.63) is 57.2 Å². The van der Waals surface area contributed by atoms with E-state index in [-0.39, 0.29) is 5.78 Å². The van der Waals surface area contributed by atoms with E-state index in [1.807, 2.05) is 26.0 Å². The highest BCUT2D eigenvalue weighted by Gasteiger charge is 2.17. The van der Waals surface area contributed by atoms with Gasteiger partial charge >= 0.3 is 0 Å². The molecule has 0 aliphatic heterocycles. The summed E-state index contributed by atoms with van der Waals surface area (Å²) in [5.41, 5.74) is 7.23. The van der Waals surface area contributed by atoms with E-state index in [4.69, 9.17) is 14.2 Å². The number of carbonyl (C=O) groups is 1. The molecule has 0 saturated carbocycles. The molecular weight excluding hydrogens is 340 g/mol. The molecular formula is C23H28O4. The number of ether oxygens (including phenoxy) is 3. The van der Waals surface area contributed by atoms with Crippen LogP contribution in [-0.4, -0.2) is 27.1 Å². The summed E-state index contributed by atoms with van der Waals surface area (Å²) in [6.07, 6.45) is 3.38. The highest BCUT2D eigenvalue weighted by Crippen LogP contribution is 2.38. The van der Waals surface area contributed by atoms with Crippen molar-refractivity contribution in [2.24, 2.45) is 0 Å². The van der Waals surface area contributed by atoms with Crippen LogP contribution in [0.25, 0.3) is 6.08 Å². The van der Waals surface area contributed by atoms with Crippen LogP contribution in [0.1, 0.15) is 43.7 Å². The number of ketones is 1. The maximum Gasteiger partial charge on any atom is 0.203 e. The highest BCUT2D eigenvalue weighted by atomic mass is 16.5. The van der Waals surface area contributed by atoms with Crippen LogP contribution in [0, 0.1) is 34.6 Å². The Morgan fingerprint density at radius 2 is 1.19 bits per heavy atom. The van der Waals surface area contributed by atoms with E-state index in [1.165, 1.54) is 16.7 Å². The van der Waals surface area contributed by atoms with Crippen LogP contribution < -0.4 is 14.2 Å². The molecule has 0 fully saturated rings. The molecule has 0 aromatic heterocycles. The van der Waals surface area contributed by atoms with E-state index in [1.54, 1.807) is 33.5 Å². The SMILES string of the molecule is COc1cc(/C=C/C(=O)c2c(C)c(C)c(C)c(C)c2C)cc(OC)c1OC. The van der Waals surface area contributed by atoms with Gasteiger partial charge in [-0.2, -0.15) is 0 Å². The second-order valence-electron chi connectivity index (χ2n) is 6.66. The third-order valence-electron chi connectivity index (χ3n) is 5.36. The van der Waals surface area contributed by atoms with E-state index in [0.717, 1.165) is 22.3 Å². The lowest BCUT2D eigenvalue weighted by molar-refractivity contribution is 0.104. The minimum Gasteiger partial charge on any atom is -0.493 e. The van der Waals surface area contributed by atoms with Crippen molar-refractivity contribution >= 4 is 11.9 Å². The second-order valence-corrected chi connectivity index (χ2v) is 6.66. The summed E-state index contributed by atoms with van der Waals surface area (Å²) in [7, 11) is 4.70. The molecule has 0 amide bonds. The Kier molecular flexibility index (Phi) is 6.32. The number of benzene rings is 2. The van der Waals surface area contributed by atoms with Crippen LogP contribution in [0.2, 0.25) is 0 Å². The van der Waals surface area contributed by atoms with Gasteiger partial charge in [-0.1, -0.05) is 6.08 Å². The first-order valence-electron chi connectivity index (χ1n) is 8.86. The molecule has 0 saturated heterocycles. The molecule has 0 atom stereocenters. The number of allylic oxidation sites excluding steroid dienone is 1. The largest absolute Gasteiger partial charge is 0.493 e. The summed E-state index contributed by atoms with van der Waals surface area (Å²) in [4.78, 5) is 12.9. The topological polar surface area (TPSA) is 44.8 Å². The Balaban J connectivity index is 2.47. The molecule has 27 heavy (non-hydrogen) atoms. The molecule has 0 aliphatic rings. The fraction of sp³-hybridized carbons (Fsp3) is 0.348. The van der Waals surface area contributed by atoms with Crippen LogP contribution in [0.5, 0.6) is 17.2 Å². The molecule has 4 heteroatoms. The van der Waals surface area contributed by atoms with Crippen LogP contribution in [0.15, 0.2) is 18.2 Å². The van der Waals surface area contributed by atoms with Crippen molar-refractivity contribution in [2.45, 2.75) is 34.6 Å². The van der Waals surface area contributed by atoms with Gasteiger partial charge in [0.1, 0.15) is 0 Å². The van der Waals surface area contributed by atoms with Gasteiger partial charge in [0.15, 0.2) is 17.3 Å². The summed E-state index contributed by atoms with van der Waals surface area (Å²) in [6.45, 7) is 10.3. The zero-order chi connectivity index (χ0) is 20.3. The predicted molar refractivity (Wildman–Crippen MR) is 110 cm³/mol. The predicted octanol–water partition coefficient (Wildman–Crippen LogP) is 5.15. The average molecular weight is 368 g/mol. The molecule has 0 aliphatic carbocycles. The smallest absolute Gasteiger partial charge is 0.203 e. The van der Waals surface area contributed by atoms with E-state index >= 15 is 0 Å². The number of hydrogen-bond acceptors (Lipinski definition) is 4. The first-order valence-corrected chi connectivity index (χ1v) is 8.86. The number of hydrogen-bond donors (Lipinski definition) is 0. The fourth-order valence-corrected chi connectivity index (χ4v) is 3.32. The summed E-state index contributed by atoms with van der Waals surface area (Å²) in [5.74, 6) is 1.63. The van der Waals surface area contributed by atoms with Crippen molar-refractivity contribution in [2.75, 3.05) is 21.3 Å². The number of carbonyl (C=O) groups excluding carboxylic acids is 1. The summed E-state index contributed by atoms with van der Waals surface area (Å²) < 4.78 is 16.1. The molecule has 2 aromatic rings. The number of rotatable bonds is 6. The third kappa shape index (κ3) is 3.85. The summed E-state index contributed by atoms with van der Waals surface area (Å²) >= 11 is 0. The van der Waals surface area contributed by atoms with E-state index in [0.29, 0.717) is 17.2 Å². The highest BCUT2D eigenvalue weighted by molar-refractivity contribution is 6.09. The Labute approximate surface area is 161 Å². The first-order chi connectivity index (χ1) is 12.8. The molecule has 2 rings (SSSR count). The van der Waals surface area contributed by atoms with E-state index in [2.05, 4.69) is 20.8 Å². The Bertz CT molecular complexity index is 853. The molecule has 0 radical (unpaired) electrons. The quantitative estimate of drug-likeness (QED) is 0.522. The summed E-state index contributed by atoms with van der Waals surface area (Å²) in [5, 5.41) is 0. The van der Waals surface area contributed by atoms with Gasteiger partial charge < -0.3 is 14.2 Å². The Morgan fingerprint density at radius 3 is 1.59 bits per heavy atom. The van der Waals surface area contributed by atoms with Crippen molar-refractivity contribution in [1.29, 1.82) is 0 Å². The molecule has 0 heterocycles. The van der Waals surface area contributed by atoms with Crippen LogP contribution in [0.4, 0.5) is 0 Å². The van der Waals surface area contributed by atoms with Crippen LogP contribution >= 0.6 is 0 Å². The zero-order valence-electron chi connectivity index (χ0n) is 17.4. The molecule has 0 spiro atoms. The van der Waals surface area contributed by atoms with Gasteiger partial charge in [-0.25, -0.2) is 0 Å². The van der Waals surface area contributed by atoms with Crippen LogP contribution in [-0.2, 0) is 0 Å². The second kappa shape index (κ2) is 8.30. The lowest BCUT2D eigenvalue weighted by atomic mass is 9.87. The Hall–Kier alpha value is -2.75. The maximum atomic E-state index is 12.9. The number of methoxy groups -OCH3 is 3. The molecule has 4 nitrogen and oxygen atoms in total. The molecule has 144 valence electrons. The van der Waals surface area contributed by atoms with E-state index < -0.39 is 0 Å². The van der Waals surface area contributed by atoms with Crippen LogP contribution in [0.3, 0.4) is 0 Å². The standard InChI is InChI=1S/C23H28O4/c1-13-14(2)16(4)22(17(5)15(13)3)19(24)10-9-18-11-20(25-6)23(27-8)21(12-18)26-7/h9-12H,1-8H3/b10-9+. The molecule has 0 N–H and O–H groups in total. The van der Waals surface area contributed by atoms with Gasteiger partial charge in [-0.15, -0.1) is 0 Å². The third-order valence-corrected chi connectivity index (χ3v) is 5.36. The van der Waals surface area contributed by atoms with Crippen molar-refractivity contribution in [1.82, 2.24) is 0 Å². The van der Waals surface area contributed by atoms with Gasteiger partial charge in [0.2, 0.25) is 5.75 Å². The average Bonchev–Trinajstić information content (AvgIpc) is 2.68. The maximum absolute atomic E-state index is 12.9. The molecule has 2 aromatic carbocycles. The molecule has 0 bridgehead atoms. The first kappa shape index (κ1) is 20.6. The van der Waals surface area contributed by atoms with Gasteiger partial charge in [0.25, 0.3) is 0 Å². The minimum absolute atomic E-state index is 0.00930.